The molecule has 0 saturated heterocycles. The molecule has 6 nitrogen and oxygen atoms in total. The van der Waals surface area contributed by atoms with Crippen LogP contribution in [0.5, 0.6) is 0 Å². The minimum absolute atomic E-state index is 0.00687. The fourth-order valence-electron chi connectivity index (χ4n) is 9.61. The van der Waals surface area contributed by atoms with E-state index in [-0.39, 0.29) is 18.5 Å². The highest BCUT2D eigenvalue weighted by molar-refractivity contribution is 5.76. The number of unbranched alkanes of at least 4 members (excludes halogenated alkanes) is 41. The third kappa shape index (κ3) is 55.4. The van der Waals surface area contributed by atoms with Gasteiger partial charge in [-0.3, -0.25) is 9.59 Å². The van der Waals surface area contributed by atoms with Crippen LogP contribution in [0, 0.1) is 0 Å². The molecule has 2 unspecified atom stereocenters. The van der Waals surface area contributed by atoms with Crippen LogP contribution in [0.1, 0.15) is 335 Å². The molecule has 0 radical (unpaired) electrons. The molecule has 2 atom stereocenters. The van der Waals surface area contributed by atoms with Gasteiger partial charge in [0.15, 0.2) is 0 Å². The molecule has 0 bridgehead atoms. The first-order valence-corrected chi connectivity index (χ1v) is 31.2. The molecule has 0 aromatic carbocycles. The summed E-state index contributed by atoms with van der Waals surface area (Å²) < 4.78 is 5.49. The van der Waals surface area contributed by atoms with Gasteiger partial charge in [-0.1, -0.05) is 275 Å². The number of carbonyl (C=O) groups is 2. The zero-order chi connectivity index (χ0) is 50.7. The largest absolute Gasteiger partial charge is 0.466 e. The molecule has 0 spiro atoms. The molecule has 1 amide bonds. The Labute approximate surface area is 436 Å². The zero-order valence-electron chi connectivity index (χ0n) is 47.0. The van der Waals surface area contributed by atoms with Crippen molar-refractivity contribution in [2.75, 3.05) is 13.2 Å². The number of nitrogens with one attached hydrogen (secondary N) is 1. The average molecular weight is 985 g/mol. The van der Waals surface area contributed by atoms with Gasteiger partial charge >= 0.3 is 5.97 Å². The van der Waals surface area contributed by atoms with E-state index in [0.29, 0.717) is 25.9 Å². The third-order valence-electron chi connectivity index (χ3n) is 14.4. The number of hydrogen-bond acceptors (Lipinski definition) is 5. The summed E-state index contributed by atoms with van der Waals surface area (Å²) in [4.78, 5) is 24.5. The summed E-state index contributed by atoms with van der Waals surface area (Å²) in [5, 5.41) is 23.1. The van der Waals surface area contributed by atoms with Crippen LogP contribution < -0.4 is 5.32 Å². The Morgan fingerprint density at radius 2 is 0.714 bits per heavy atom. The first kappa shape index (κ1) is 68.1. The molecule has 6 heteroatoms. The Balaban J connectivity index is 3.36. The van der Waals surface area contributed by atoms with Crippen molar-refractivity contribution < 1.29 is 24.5 Å². The van der Waals surface area contributed by atoms with Crippen molar-refractivity contribution in [3.8, 4) is 0 Å². The van der Waals surface area contributed by atoms with Crippen molar-refractivity contribution in [3.05, 3.63) is 36.5 Å². The number of amides is 1. The lowest BCUT2D eigenvalue weighted by molar-refractivity contribution is -0.143. The molecular formula is C64H121NO5. The molecule has 70 heavy (non-hydrogen) atoms. The summed E-state index contributed by atoms with van der Waals surface area (Å²) in [6.07, 6.45) is 74.6. The van der Waals surface area contributed by atoms with E-state index in [2.05, 4.69) is 55.6 Å². The molecule has 0 aromatic rings. The van der Waals surface area contributed by atoms with Crippen molar-refractivity contribution in [1.29, 1.82) is 0 Å². The predicted molar refractivity (Wildman–Crippen MR) is 306 cm³/mol. The second kappa shape index (κ2) is 59.6. The van der Waals surface area contributed by atoms with E-state index < -0.39 is 12.1 Å². The van der Waals surface area contributed by atoms with Crippen LogP contribution in [-0.4, -0.2) is 47.4 Å². The molecule has 412 valence electrons. The van der Waals surface area contributed by atoms with E-state index in [1.165, 1.54) is 250 Å². The van der Waals surface area contributed by atoms with E-state index in [9.17, 15) is 19.8 Å². The van der Waals surface area contributed by atoms with Gasteiger partial charge in [0.1, 0.15) is 0 Å². The van der Waals surface area contributed by atoms with Crippen molar-refractivity contribution in [2.24, 2.45) is 0 Å². The highest BCUT2D eigenvalue weighted by Gasteiger charge is 2.20. The Hall–Kier alpha value is -1.92. The summed E-state index contributed by atoms with van der Waals surface area (Å²) in [6.45, 7) is 4.92. The number of esters is 1. The second-order valence-electron chi connectivity index (χ2n) is 21.4. The Morgan fingerprint density at radius 3 is 1.11 bits per heavy atom. The van der Waals surface area contributed by atoms with Gasteiger partial charge in [0.25, 0.3) is 0 Å². The molecular weight excluding hydrogens is 863 g/mol. The number of carbonyl (C=O) groups excluding carboxylic acids is 2. The van der Waals surface area contributed by atoms with Gasteiger partial charge in [0.2, 0.25) is 5.91 Å². The monoisotopic (exact) mass is 984 g/mol. The lowest BCUT2D eigenvalue weighted by Crippen LogP contribution is -2.45. The van der Waals surface area contributed by atoms with Crippen molar-refractivity contribution in [2.45, 2.75) is 347 Å². The van der Waals surface area contributed by atoms with Gasteiger partial charge in [0, 0.05) is 12.8 Å². The fraction of sp³-hybridized carbons (Fsp3) is 0.875. The topological polar surface area (TPSA) is 95.9 Å². The summed E-state index contributed by atoms with van der Waals surface area (Å²) in [6, 6.07) is -0.541. The average Bonchev–Trinajstić information content (AvgIpc) is 3.36. The van der Waals surface area contributed by atoms with Crippen LogP contribution >= 0.6 is 0 Å². The molecule has 0 aliphatic rings. The van der Waals surface area contributed by atoms with Gasteiger partial charge in [-0.2, -0.15) is 0 Å². The number of ether oxygens (including phenoxy) is 1. The maximum atomic E-state index is 12.4. The molecule has 3 N–H and O–H groups in total. The number of rotatable bonds is 58. The third-order valence-corrected chi connectivity index (χ3v) is 14.4. The van der Waals surface area contributed by atoms with Gasteiger partial charge in [-0.25, -0.2) is 0 Å². The van der Waals surface area contributed by atoms with Gasteiger partial charge in [-0.05, 0) is 83.5 Å². The van der Waals surface area contributed by atoms with E-state index in [0.717, 1.165) is 51.4 Å². The maximum Gasteiger partial charge on any atom is 0.305 e. The standard InChI is InChI=1S/C64H121NO5/c1-3-5-7-9-11-13-14-15-16-17-29-32-35-38-42-46-50-54-58-64(69)70-59-55-51-47-43-39-36-33-30-27-25-23-21-19-18-20-22-24-26-28-31-34-37-41-45-49-53-57-63(68)65-61(60-66)62(67)56-52-48-44-40-12-10-8-6-4-2/h13-14,16-18,20,61-62,66-67H,3-12,15,19,21-60H2,1-2H3,(H,65,68)/b14-13-,17-16-,20-18-. The van der Waals surface area contributed by atoms with E-state index in [1.54, 1.807) is 0 Å². The van der Waals surface area contributed by atoms with Crippen molar-refractivity contribution >= 4 is 11.9 Å². The first-order valence-electron chi connectivity index (χ1n) is 31.2. The summed E-state index contributed by atoms with van der Waals surface area (Å²) >= 11 is 0. The molecule has 0 rings (SSSR count). The van der Waals surface area contributed by atoms with Crippen LogP contribution in [0.25, 0.3) is 0 Å². The fourth-order valence-corrected chi connectivity index (χ4v) is 9.61. The highest BCUT2D eigenvalue weighted by atomic mass is 16.5. The minimum Gasteiger partial charge on any atom is -0.466 e. The summed E-state index contributed by atoms with van der Waals surface area (Å²) in [7, 11) is 0. The Kier molecular flexibility index (Phi) is 58.0. The first-order chi connectivity index (χ1) is 34.5. The Bertz CT molecular complexity index is 1130. The quantitative estimate of drug-likeness (QED) is 0.0321. The number of hydrogen-bond donors (Lipinski definition) is 3. The Morgan fingerprint density at radius 1 is 0.400 bits per heavy atom. The van der Waals surface area contributed by atoms with E-state index in [1.807, 2.05) is 0 Å². The zero-order valence-corrected chi connectivity index (χ0v) is 47.0. The summed E-state index contributed by atoms with van der Waals surface area (Å²) in [5.41, 5.74) is 0. The van der Waals surface area contributed by atoms with Gasteiger partial charge < -0.3 is 20.3 Å². The van der Waals surface area contributed by atoms with Gasteiger partial charge in [0.05, 0.1) is 25.4 Å². The molecule has 0 aliphatic heterocycles. The maximum absolute atomic E-state index is 12.4. The molecule has 0 aliphatic carbocycles. The smallest absolute Gasteiger partial charge is 0.305 e. The molecule has 0 fully saturated rings. The minimum atomic E-state index is -0.663. The number of aliphatic hydroxyl groups excluding tert-OH is 2. The SMILES string of the molecule is CCCCCC/C=C\C/C=C\CCCCCCCCCC(=O)OCCCCCCCCCCCCCC/C=C\CCCCCCCCCCCCC(=O)NC(CO)C(O)CCCCCCCCCCC. The van der Waals surface area contributed by atoms with Crippen LogP contribution in [0.15, 0.2) is 36.5 Å². The molecule has 0 aromatic heterocycles. The van der Waals surface area contributed by atoms with Crippen LogP contribution in [0.2, 0.25) is 0 Å². The number of aliphatic hydroxyl groups is 2. The van der Waals surface area contributed by atoms with Crippen LogP contribution in [0.4, 0.5) is 0 Å². The summed E-state index contributed by atoms with van der Waals surface area (Å²) in [5.74, 6) is -0.0320. The van der Waals surface area contributed by atoms with Gasteiger partial charge in [-0.15, -0.1) is 0 Å². The van der Waals surface area contributed by atoms with E-state index >= 15 is 0 Å². The lowest BCUT2D eigenvalue weighted by atomic mass is 10.0. The van der Waals surface area contributed by atoms with Crippen molar-refractivity contribution in [1.82, 2.24) is 5.32 Å². The van der Waals surface area contributed by atoms with E-state index in [4.69, 9.17) is 4.74 Å². The normalized spacial score (nSPS) is 12.8. The molecule has 0 saturated carbocycles. The predicted octanol–water partition coefficient (Wildman–Crippen LogP) is 19.6. The van der Waals surface area contributed by atoms with Crippen LogP contribution in [0.3, 0.4) is 0 Å². The number of allylic oxidation sites excluding steroid dienone is 6. The van der Waals surface area contributed by atoms with Crippen molar-refractivity contribution in [3.63, 3.8) is 0 Å². The lowest BCUT2D eigenvalue weighted by Gasteiger charge is -2.22. The second-order valence-corrected chi connectivity index (χ2v) is 21.4. The molecule has 0 heterocycles. The van der Waals surface area contributed by atoms with Crippen LogP contribution in [-0.2, 0) is 14.3 Å². The highest BCUT2D eigenvalue weighted by Crippen LogP contribution is 2.17.